The van der Waals surface area contributed by atoms with Crippen molar-refractivity contribution in [1.29, 1.82) is 0 Å². The van der Waals surface area contributed by atoms with E-state index >= 15 is 0 Å². The van der Waals surface area contributed by atoms with E-state index in [1.165, 1.54) is 30.5 Å². The summed E-state index contributed by atoms with van der Waals surface area (Å²) < 4.78 is 68.4. The average molecular weight is 509 g/mol. The van der Waals surface area contributed by atoms with E-state index in [0.29, 0.717) is 4.52 Å². The van der Waals surface area contributed by atoms with Crippen molar-refractivity contribution in [3.63, 3.8) is 0 Å². The molecule has 9 nitrogen and oxygen atoms in total. The number of alkyl halides is 3. The van der Waals surface area contributed by atoms with Crippen molar-refractivity contribution in [3.05, 3.63) is 65.1 Å². The highest BCUT2D eigenvalue weighted by atomic mass is 32.2. The molecule has 176 valence electrons. The van der Waals surface area contributed by atoms with Crippen LogP contribution in [0.2, 0.25) is 0 Å². The van der Waals surface area contributed by atoms with Gasteiger partial charge in [-0.3, -0.25) is 9.52 Å². The van der Waals surface area contributed by atoms with Gasteiger partial charge in [0.15, 0.2) is 10.8 Å². The summed E-state index contributed by atoms with van der Waals surface area (Å²) in [5.74, 6) is -0.788. The SMILES string of the molecule is O=C(Nc1ccc(S(=O)(=O)Nc2nccs2)cc1)c1cnn2c(C(F)(F)F)cc(C3CC3)nc12. The Bertz CT molecular complexity index is 1480. The number of hydrogen-bond donors (Lipinski definition) is 2. The monoisotopic (exact) mass is 508 g/mol. The summed E-state index contributed by atoms with van der Waals surface area (Å²) in [6.45, 7) is 0. The normalized spacial score (nSPS) is 14.3. The van der Waals surface area contributed by atoms with Gasteiger partial charge in [0.2, 0.25) is 0 Å². The maximum atomic E-state index is 13.5. The molecule has 5 rings (SSSR count). The predicted octanol–water partition coefficient (Wildman–Crippen LogP) is 4.14. The molecule has 34 heavy (non-hydrogen) atoms. The van der Waals surface area contributed by atoms with E-state index < -0.39 is 27.8 Å². The second-order valence-electron chi connectivity index (χ2n) is 7.55. The molecular formula is C20H15F3N6O3S2. The third-order valence-electron chi connectivity index (χ3n) is 5.10. The summed E-state index contributed by atoms with van der Waals surface area (Å²) in [6.07, 6.45) is -0.702. The number of aromatic nitrogens is 4. The molecule has 0 unspecified atom stereocenters. The second-order valence-corrected chi connectivity index (χ2v) is 10.1. The summed E-state index contributed by atoms with van der Waals surface area (Å²) >= 11 is 1.12. The van der Waals surface area contributed by atoms with Gasteiger partial charge in [-0.1, -0.05) is 0 Å². The molecular weight excluding hydrogens is 493 g/mol. The van der Waals surface area contributed by atoms with Crippen LogP contribution in [0.3, 0.4) is 0 Å². The number of anilines is 2. The molecule has 0 radical (unpaired) electrons. The third kappa shape index (κ3) is 4.33. The van der Waals surface area contributed by atoms with Crippen LogP contribution < -0.4 is 10.0 Å². The molecule has 1 saturated carbocycles. The van der Waals surface area contributed by atoms with E-state index in [1.807, 2.05) is 0 Å². The van der Waals surface area contributed by atoms with Crippen molar-refractivity contribution in [1.82, 2.24) is 19.6 Å². The molecule has 3 heterocycles. The van der Waals surface area contributed by atoms with Crippen LogP contribution in [0.1, 0.15) is 40.5 Å². The maximum Gasteiger partial charge on any atom is 0.433 e. The van der Waals surface area contributed by atoms with Crippen molar-refractivity contribution in [2.24, 2.45) is 0 Å². The third-order valence-corrected chi connectivity index (χ3v) is 7.27. The molecule has 3 aromatic heterocycles. The van der Waals surface area contributed by atoms with Crippen molar-refractivity contribution in [3.8, 4) is 0 Å². The highest BCUT2D eigenvalue weighted by Gasteiger charge is 2.38. The minimum atomic E-state index is -4.67. The van der Waals surface area contributed by atoms with Crippen LogP contribution in [0.25, 0.3) is 5.65 Å². The van der Waals surface area contributed by atoms with Gasteiger partial charge >= 0.3 is 6.18 Å². The molecule has 0 spiro atoms. The molecule has 0 bridgehead atoms. The zero-order chi connectivity index (χ0) is 24.1. The number of halogens is 3. The standard InChI is InChI=1S/C20H15F3N6O3S2/c21-20(22,23)16-9-15(11-1-2-11)27-17-14(10-25-29(16)17)18(30)26-12-3-5-13(6-4-12)34(31,32)28-19-24-7-8-33-19/h3-11H,1-2H2,(H,24,28)(H,26,30). The first-order chi connectivity index (χ1) is 16.1. The minimum Gasteiger partial charge on any atom is -0.322 e. The first-order valence-electron chi connectivity index (χ1n) is 9.91. The Labute approximate surface area is 194 Å². The Morgan fingerprint density at radius 2 is 1.91 bits per heavy atom. The smallest absolute Gasteiger partial charge is 0.322 e. The van der Waals surface area contributed by atoms with Gasteiger partial charge in [0.1, 0.15) is 11.3 Å². The van der Waals surface area contributed by atoms with Crippen molar-refractivity contribution in [2.75, 3.05) is 10.0 Å². The number of carbonyl (C=O) groups is 1. The van der Waals surface area contributed by atoms with Gasteiger partial charge in [0.25, 0.3) is 15.9 Å². The highest BCUT2D eigenvalue weighted by molar-refractivity contribution is 7.93. The zero-order valence-corrected chi connectivity index (χ0v) is 18.7. The van der Waals surface area contributed by atoms with Crippen molar-refractivity contribution in [2.45, 2.75) is 29.8 Å². The lowest BCUT2D eigenvalue weighted by atomic mass is 10.2. The van der Waals surface area contributed by atoms with Gasteiger partial charge in [0, 0.05) is 28.9 Å². The number of benzene rings is 1. The molecule has 14 heteroatoms. The van der Waals surface area contributed by atoms with Crippen molar-refractivity contribution >= 4 is 43.7 Å². The van der Waals surface area contributed by atoms with Crippen LogP contribution in [0.15, 0.2) is 53.0 Å². The van der Waals surface area contributed by atoms with E-state index in [0.717, 1.165) is 36.4 Å². The minimum absolute atomic E-state index is 0.0535. The number of sulfonamides is 1. The fourth-order valence-corrected chi connectivity index (χ4v) is 5.08. The summed E-state index contributed by atoms with van der Waals surface area (Å²) in [7, 11) is -3.87. The van der Waals surface area contributed by atoms with Crippen LogP contribution in [-0.2, 0) is 16.2 Å². The summed E-state index contributed by atoms with van der Waals surface area (Å²) in [6, 6.07) is 6.27. The number of hydrogen-bond acceptors (Lipinski definition) is 7. The van der Waals surface area contributed by atoms with E-state index in [-0.39, 0.29) is 38.5 Å². The van der Waals surface area contributed by atoms with E-state index in [9.17, 15) is 26.4 Å². The molecule has 1 aliphatic rings. The molecule has 0 aliphatic heterocycles. The molecule has 0 atom stereocenters. The van der Waals surface area contributed by atoms with Crippen LogP contribution >= 0.6 is 11.3 Å². The van der Waals surface area contributed by atoms with Gasteiger partial charge < -0.3 is 5.32 Å². The van der Waals surface area contributed by atoms with Crippen LogP contribution in [0, 0.1) is 0 Å². The summed E-state index contributed by atoms with van der Waals surface area (Å²) in [4.78, 5) is 20.9. The Hall–Kier alpha value is -3.52. The zero-order valence-electron chi connectivity index (χ0n) is 17.1. The quantitative estimate of drug-likeness (QED) is 0.404. The van der Waals surface area contributed by atoms with Gasteiger partial charge in [0.05, 0.1) is 11.1 Å². The number of rotatable bonds is 6. The van der Waals surface area contributed by atoms with E-state index in [4.69, 9.17) is 0 Å². The van der Waals surface area contributed by atoms with Gasteiger partial charge in [-0.2, -0.15) is 18.3 Å². The molecule has 4 aromatic rings. The van der Waals surface area contributed by atoms with Crippen LogP contribution in [-0.4, -0.2) is 33.9 Å². The molecule has 1 aromatic carbocycles. The van der Waals surface area contributed by atoms with Crippen molar-refractivity contribution < 1.29 is 26.4 Å². The van der Waals surface area contributed by atoms with Crippen LogP contribution in [0.5, 0.6) is 0 Å². The molecule has 1 aliphatic carbocycles. The molecule has 2 N–H and O–H groups in total. The molecule has 0 saturated heterocycles. The summed E-state index contributed by atoms with van der Waals surface area (Å²) in [5, 5.41) is 8.11. The largest absolute Gasteiger partial charge is 0.433 e. The van der Waals surface area contributed by atoms with E-state index in [1.54, 1.807) is 5.38 Å². The molecule has 1 fully saturated rings. The highest BCUT2D eigenvalue weighted by Crippen LogP contribution is 2.41. The number of fused-ring (bicyclic) bond motifs is 1. The summed E-state index contributed by atoms with van der Waals surface area (Å²) in [5.41, 5.74) is -0.805. The number of thiazole rings is 1. The number of amides is 1. The Balaban J connectivity index is 1.40. The first-order valence-corrected chi connectivity index (χ1v) is 12.3. The predicted molar refractivity (Wildman–Crippen MR) is 117 cm³/mol. The van der Waals surface area contributed by atoms with Gasteiger partial charge in [-0.15, -0.1) is 11.3 Å². The first kappa shape index (κ1) is 22.3. The fourth-order valence-electron chi connectivity index (χ4n) is 3.30. The number of carbonyl (C=O) groups excluding carboxylic acids is 1. The average Bonchev–Trinajstić information content (AvgIpc) is 3.34. The van der Waals surface area contributed by atoms with E-state index in [2.05, 4.69) is 25.1 Å². The van der Waals surface area contributed by atoms with Gasteiger partial charge in [-0.05, 0) is 43.2 Å². The molecule has 1 amide bonds. The lowest BCUT2D eigenvalue weighted by Gasteiger charge is -2.11. The topological polar surface area (TPSA) is 118 Å². The maximum absolute atomic E-state index is 13.5. The number of nitrogens with zero attached hydrogens (tertiary/aromatic N) is 4. The lowest BCUT2D eigenvalue weighted by Crippen LogP contribution is -2.16. The fraction of sp³-hybridized carbons (Fsp3) is 0.200. The Morgan fingerprint density at radius 1 is 1.18 bits per heavy atom. The number of nitrogens with one attached hydrogen (secondary N) is 2. The van der Waals surface area contributed by atoms with Gasteiger partial charge in [-0.25, -0.2) is 22.9 Å². The van der Waals surface area contributed by atoms with Crippen LogP contribution in [0.4, 0.5) is 24.0 Å². The Kier molecular flexibility index (Phi) is 5.28. The Morgan fingerprint density at radius 3 is 2.53 bits per heavy atom. The lowest BCUT2D eigenvalue weighted by molar-refractivity contribution is -0.142. The second kappa shape index (κ2) is 8.06.